The number of urea groups is 1. The largest absolute Gasteiger partial charge is 0.322 e. The summed E-state index contributed by atoms with van der Waals surface area (Å²) in [5, 5.41) is 3.04. The third-order valence-electron chi connectivity index (χ3n) is 5.99. The van der Waals surface area contributed by atoms with Gasteiger partial charge in [-0.1, -0.05) is 92.7 Å². The summed E-state index contributed by atoms with van der Waals surface area (Å²) in [6, 6.07) is 28.2. The van der Waals surface area contributed by atoms with Crippen LogP contribution in [0.5, 0.6) is 0 Å². The van der Waals surface area contributed by atoms with Gasteiger partial charge in [0.2, 0.25) is 0 Å². The lowest BCUT2D eigenvalue weighted by atomic mass is 9.74. The second-order valence-corrected chi connectivity index (χ2v) is 7.89. The average molecular weight is 399 g/mol. The van der Waals surface area contributed by atoms with E-state index in [-0.39, 0.29) is 35.7 Å². The predicted octanol–water partition coefficient (Wildman–Crippen LogP) is 5.86. The van der Waals surface area contributed by atoms with Crippen LogP contribution in [-0.2, 0) is 4.79 Å². The maximum Gasteiger partial charge on any atom is 0.322 e. The van der Waals surface area contributed by atoms with Crippen LogP contribution in [0.15, 0.2) is 91.0 Å². The van der Waals surface area contributed by atoms with E-state index in [2.05, 4.69) is 5.32 Å². The molecule has 0 aromatic heterocycles. The highest BCUT2D eigenvalue weighted by Crippen LogP contribution is 2.46. The number of para-hydroxylation sites is 1. The van der Waals surface area contributed by atoms with Gasteiger partial charge in [0.05, 0.1) is 12.1 Å². The molecule has 1 fully saturated rings. The van der Waals surface area contributed by atoms with Crippen molar-refractivity contribution in [2.24, 2.45) is 11.8 Å². The van der Waals surface area contributed by atoms with Crippen molar-refractivity contribution in [2.45, 2.75) is 25.9 Å². The lowest BCUT2D eigenvalue weighted by molar-refractivity contribution is -0.135. The van der Waals surface area contributed by atoms with E-state index >= 15 is 0 Å². The van der Waals surface area contributed by atoms with Gasteiger partial charge in [0.25, 0.3) is 0 Å². The van der Waals surface area contributed by atoms with Crippen LogP contribution >= 0.6 is 0 Å². The smallest absolute Gasteiger partial charge is 0.309 e. The number of amides is 2. The van der Waals surface area contributed by atoms with Crippen molar-refractivity contribution in [3.8, 4) is 0 Å². The second kappa shape index (κ2) is 8.54. The fraction of sp³-hybridized carbons (Fsp3) is 0.231. The number of Topliss-reactive ketones (excluding diaryl/α,β-unsaturated/α-hetero) is 1. The first kappa shape index (κ1) is 19.9. The second-order valence-electron chi connectivity index (χ2n) is 7.89. The monoisotopic (exact) mass is 398 g/mol. The Kier molecular flexibility index (Phi) is 5.66. The van der Waals surface area contributed by atoms with E-state index in [1.54, 1.807) is 0 Å². The quantitative estimate of drug-likeness (QED) is 0.601. The molecule has 152 valence electrons. The Morgan fingerprint density at radius 1 is 0.700 bits per heavy atom. The summed E-state index contributed by atoms with van der Waals surface area (Å²) in [6.07, 6.45) is 0. The predicted molar refractivity (Wildman–Crippen MR) is 119 cm³/mol. The number of hydrogen-bond acceptors (Lipinski definition) is 2. The molecule has 1 aliphatic heterocycles. The zero-order valence-corrected chi connectivity index (χ0v) is 17.2. The summed E-state index contributed by atoms with van der Waals surface area (Å²) >= 11 is 0. The number of hydrogen-bond donors (Lipinski definition) is 1. The first-order valence-electron chi connectivity index (χ1n) is 10.4. The van der Waals surface area contributed by atoms with E-state index in [1.165, 1.54) is 0 Å². The van der Waals surface area contributed by atoms with Crippen LogP contribution in [0.3, 0.4) is 0 Å². The molecular weight excluding hydrogens is 372 g/mol. The molecule has 2 amide bonds. The minimum absolute atomic E-state index is 0.182. The van der Waals surface area contributed by atoms with Gasteiger partial charge in [-0.3, -0.25) is 4.79 Å². The molecule has 3 aromatic carbocycles. The molecule has 1 saturated heterocycles. The normalized spacial score (nSPS) is 23.8. The molecule has 4 unspecified atom stereocenters. The number of carbonyl (C=O) groups excluding carboxylic acids is 2. The van der Waals surface area contributed by atoms with Gasteiger partial charge >= 0.3 is 6.03 Å². The van der Waals surface area contributed by atoms with Gasteiger partial charge < -0.3 is 10.2 Å². The zero-order valence-electron chi connectivity index (χ0n) is 17.2. The van der Waals surface area contributed by atoms with Gasteiger partial charge in [-0.25, -0.2) is 4.79 Å². The summed E-state index contributed by atoms with van der Waals surface area (Å²) in [7, 11) is 0. The summed E-state index contributed by atoms with van der Waals surface area (Å²) in [4.78, 5) is 28.8. The van der Waals surface area contributed by atoms with Gasteiger partial charge in [-0.05, 0) is 23.3 Å². The van der Waals surface area contributed by atoms with Crippen molar-refractivity contribution in [2.75, 3.05) is 5.32 Å². The van der Waals surface area contributed by atoms with Crippen molar-refractivity contribution in [3.63, 3.8) is 0 Å². The van der Waals surface area contributed by atoms with Gasteiger partial charge in [0.1, 0.15) is 5.78 Å². The lowest BCUT2D eigenvalue weighted by Crippen LogP contribution is -2.52. The number of nitrogens with zero attached hydrogens (tertiary/aromatic N) is 1. The summed E-state index contributed by atoms with van der Waals surface area (Å²) in [5.74, 6) is -0.422. The van der Waals surface area contributed by atoms with E-state index in [0.29, 0.717) is 0 Å². The van der Waals surface area contributed by atoms with E-state index in [0.717, 1.165) is 16.8 Å². The molecule has 0 aliphatic carbocycles. The summed E-state index contributed by atoms with van der Waals surface area (Å²) in [6.45, 7) is 3.86. The van der Waals surface area contributed by atoms with E-state index in [4.69, 9.17) is 0 Å². The summed E-state index contributed by atoms with van der Waals surface area (Å²) < 4.78 is 0. The maximum absolute atomic E-state index is 13.6. The maximum atomic E-state index is 13.6. The van der Waals surface area contributed by atoms with Crippen LogP contribution in [0, 0.1) is 11.8 Å². The standard InChI is InChI=1S/C26H26N2O2/c1-18-23(20-12-6-3-7-13-20)28(26(30)27-22-16-10-5-11-17-22)24(19(2)25(18)29)21-14-8-4-9-15-21/h3-19,23-24H,1-2H3,(H,27,30). The number of anilines is 1. The Hall–Kier alpha value is -3.40. The van der Waals surface area contributed by atoms with Crippen LogP contribution in [0.4, 0.5) is 10.5 Å². The minimum atomic E-state index is -0.344. The topological polar surface area (TPSA) is 49.4 Å². The molecule has 30 heavy (non-hydrogen) atoms. The van der Waals surface area contributed by atoms with Crippen LogP contribution in [0.1, 0.15) is 37.1 Å². The first-order valence-corrected chi connectivity index (χ1v) is 10.4. The summed E-state index contributed by atoms with van der Waals surface area (Å²) in [5.41, 5.74) is 2.67. The van der Waals surface area contributed by atoms with Gasteiger partial charge in [-0.2, -0.15) is 0 Å². The van der Waals surface area contributed by atoms with Crippen LogP contribution in [0.25, 0.3) is 0 Å². The zero-order chi connectivity index (χ0) is 21.1. The number of piperidine rings is 1. The SMILES string of the molecule is CC1C(=O)C(C)C(c2ccccc2)N(C(=O)Nc2ccccc2)C1c1ccccc1. The Bertz CT molecular complexity index is 949. The fourth-order valence-electron chi connectivity index (χ4n) is 4.54. The molecule has 0 radical (unpaired) electrons. The third kappa shape index (κ3) is 3.73. The van der Waals surface area contributed by atoms with Gasteiger partial charge in [0, 0.05) is 17.5 Å². The third-order valence-corrected chi connectivity index (χ3v) is 5.99. The van der Waals surface area contributed by atoms with Crippen molar-refractivity contribution in [1.82, 2.24) is 4.90 Å². The molecule has 4 atom stereocenters. The molecule has 0 spiro atoms. The molecule has 4 rings (SSSR count). The number of benzene rings is 3. The molecule has 3 aromatic rings. The first-order chi connectivity index (χ1) is 14.6. The Labute approximate surface area is 177 Å². The number of nitrogens with one attached hydrogen (secondary N) is 1. The van der Waals surface area contributed by atoms with Crippen LogP contribution in [0.2, 0.25) is 0 Å². The highest BCUT2D eigenvalue weighted by Gasteiger charge is 2.48. The Balaban J connectivity index is 1.82. The van der Waals surface area contributed by atoms with Crippen molar-refractivity contribution in [3.05, 3.63) is 102 Å². The highest BCUT2D eigenvalue weighted by atomic mass is 16.2. The van der Waals surface area contributed by atoms with E-state index < -0.39 is 0 Å². The highest BCUT2D eigenvalue weighted by molar-refractivity contribution is 5.93. The molecular formula is C26H26N2O2. The molecule has 0 bridgehead atoms. The fourth-order valence-corrected chi connectivity index (χ4v) is 4.54. The number of carbonyl (C=O) groups is 2. The molecule has 1 N–H and O–H groups in total. The molecule has 4 nitrogen and oxygen atoms in total. The Morgan fingerprint density at radius 2 is 1.10 bits per heavy atom. The number of likely N-dealkylation sites (tertiary alicyclic amines) is 1. The van der Waals surface area contributed by atoms with Crippen molar-refractivity contribution >= 4 is 17.5 Å². The number of ketones is 1. The van der Waals surface area contributed by atoms with Gasteiger partial charge in [0.15, 0.2) is 0 Å². The molecule has 0 saturated carbocycles. The van der Waals surface area contributed by atoms with E-state index in [9.17, 15) is 9.59 Å². The molecule has 1 heterocycles. The van der Waals surface area contributed by atoms with Crippen molar-refractivity contribution in [1.29, 1.82) is 0 Å². The lowest BCUT2D eigenvalue weighted by Gasteiger charge is -2.48. The van der Waals surface area contributed by atoms with E-state index in [1.807, 2.05) is 110 Å². The van der Waals surface area contributed by atoms with Crippen LogP contribution < -0.4 is 5.32 Å². The Morgan fingerprint density at radius 3 is 1.53 bits per heavy atom. The van der Waals surface area contributed by atoms with Crippen LogP contribution in [-0.4, -0.2) is 16.7 Å². The molecule has 4 heteroatoms. The van der Waals surface area contributed by atoms with Gasteiger partial charge in [-0.15, -0.1) is 0 Å². The van der Waals surface area contributed by atoms with Crippen molar-refractivity contribution < 1.29 is 9.59 Å². The number of rotatable bonds is 3. The average Bonchev–Trinajstić information content (AvgIpc) is 2.79. The molecule has 1 aliphatic rings. The minimum Gasteiger partial charge on any atom is -0.309 e.